The van der Waals surface area contributed by atoms with Crippen molar-refractivity contribution in [2.45, 2.75) is 32.2 Å². The van der Waals surface area contributed by atoms with E-state index in [2.05, 4.69) is 10.1 Å². The van der Waals surface area contributed by atoms with Crippen molar-refractivity contribution in [2.75, 3.05) is 0 Å². The molecule has 4 nitrogen and oxygen atoms in total. The molecule has 1 aromatic carbocycles. The molecule has 0 fully saturated rings. The molecule has 0 saturated carbocycles. The third kappa shape index (κ3) is 2.35. The number of aromatic nitrogens is 2. The molecule has 0 atom stereocenters. The van der Waals surface area contributed by atoms with Crippen molar-refractivity contribution < 1.29 is 13.3 Å². The minimum atomic E-state index is -1.01. The van der Waals surface area contributed by atoms with Gasteiger partial charge in [0.1, 0.15) is 0 Å². The fourth-order valence-corrected chi connectivity index (χ4v) is 1.77. The van der Waals surface area contributed by atoms with E-state index in [1.807, 2.05) is 13.8 Å². The summed E-state index contributed by atoms with van der Waals surface area (Å²) in [6, 6.07) is 3.79. The Labute approximate surface area is 109 Å². The van der Waals surface area contributed by atoms with Gasteiger partial charge in [0, 0.05) is 0 Å². The first-order valence-corrected chi connectivity index (χ1v) is 6.09. The van der Waals surface area contributed by atoms with Crippen LogP contribution in [-0.4, -0.2) is 10.1 Å². The molecule has 0 aliphatic carbocycles. The van der Waals surface area contributed by atoms with E-state index in [-0.39, 0.29) is 11.5 Å². The molecule has 6 heteroatoms. The molecule has 19 heavy (non-hydrogen) atoms. The summed E-state index contributed by atoms with van der Waals surface area (Å²) in [5.41, 5.74) is 5.35. The Balaban J connectivity index is 2.44. The second-order valence-electron chi connectivity index (χ2n) is 4.39. The molecule has 0 unspecified atom stereocenters. The quantitative estimate of drug-likeness (QED) is 0.924. The molecule has 0 amide bonds. The lowest BCUT2D eigenvalue weighted by Crippen LogP contribution is -2.36. The van der Waals surface area contributed by atoms with Crippen LogP contribution < -0.4 is 5.73 Å². The van der Waals surface area contributed by atoms with E-state index < -0.39 is 17.2 Å². The number of nitrogens with zero attached hydrogens (tertiary/aromatic N) is 2. The number of nitrogens with two attached hydrogens (primary N) is 1. The van der Waals surface area contributed by atoms with Crippen LogP contribution in [0.15, 0.2) is 22.7 Å². The molecule has 2 rings (SSSR count). The number of hydrogen-bond donors (Lipinski definition) is 1. The molecule has 0 bridgehead atoms. The highest BCUT2D eigenvalue weighted by Crippen LogP contribution is 2.27. The molecule has 0 radical (unpaired) electrons. The van der Waals surface area contributed by atoms with Crippen molar-refractivity contribution in [2.24, 2.45) is 5.73 Å². The first-order chi connectivity index (χ1) is 9.01. The van der Waals surface area contributed by atoms with Crippen LogP contribution >= 0.6 is 0 Å². The summed E-state index contributed by atoms with van der Waals surface area (Å²) in [5.74, 6) is -1.73. The smallest absolute Gasteiger partial charge is 0.261 e. The van der Waals surface area contributed by atoms with Crippen LogP contribution in [0.1, 0.15) is 32.5 Å². The monoisotopic (exact) mass is 267 g/mol. The van der Waals surface area contributed by atoms with E-state index in [4.69, 9.17) is 10.3 Å². The number of benzene rings is 1. The fraction of sp³-hybridized carbons (Fsp3) is 0.385. The molecule has 0 aliphatic heterocycles. The van der Waals surface area contributed by atoms with Gasteiger partial charge in [-0.1, -0.05) is 25.1 Å². The number of rotatable bonds is 4. The van der Waals surface area contributed by atoms with Crippen LogP contribution in [0.4, 0.5) is 8.78 Å². The lowest BCUT2D eigenvalue weighted by Gasteiger charge is -2.21. The Morgan fingerprint density at radius 2 is 1.95 bits per heavy atom. The summed E-state index contributed by atoms with van der Waals surface area (Å²) in [6.45, 7) is 3.81. The van der Waals surface area contributed by atoms with E-state index in [0.717, 1.165) is 6.07 Å². The zero-order chi connectivity index (χ0) is 14.0. The SMILES string of the molecule is CCC(N)(CC)c1noc(-c2cccc(F)c2F)n1. The van der Waals surface area contributed by atoms with Crippen LogP contribution in [0, 0.1) is 11.6 Å². The van der Waals surface area contributed by atoms with Gasteiger partial charge in [-0.3, -0.25) is 0 Å². The van der Waals surface area contributed by atoms with Gasteiger partial charge in [0.25, 0.3) is 5.89 Å². The van der Waals surface area contributed by atoms with Gasteiger partial charge in [-0.2, -0.15) is 4.98 Å². The predicted molar refractivity (Wildman–Crippen MR) is 66.1 cm³/mol. The summed E-state index contributed by atoms with van der Waals surface area (Å²) in [6.07, 6.45) is 1.24. The van der Waals surface area contributed by atoms with Crippen LogP contribution in [0.2, 0.25) is 0 Å². The van der Waals surface area contributed by atoms with Gasteiger partial charge < -0.3 is 10.3 Å². The average molecular weight is 267 g/mol. The Bertz CT molecular complexity index is 579. The van der Waals surface area contributed by atoms with Gasteiger partial charge >= 0.3 is 0 Å². The Hall–Kier alpha value is -1.82. The molecule has 1 aromatic heterocycles. The highest BCUT2D eigenvalue weighted by Gasteiger charge is 2.29. The predicted octanol–water partition coefficient (Wildman–Crippen LogP) is 2.99. The molecule has 1 heterocycles. The maximum atomic E-state index is 13.6. The third-order valence-corrected chi connectivity index (χ3v) is 3.32. The molecule has 2 N–H and O–H groups in total. The minimum Gasteiger partial charge on any atom is -0.334 e. The standard InChI is InChI=1S/C13H15F2N3O/c1-3-13(16,4-2)12-17-11(19-18-12)8-6-5-7-9(14)10(8)15/h5-7H,3-4,16H2,1-2H3. The lowest BCUT2D eigenvalue weighted by molar-refractivity contribution is 0.349. The van der Waals surface area contributed by atoms with Crippen molar-refractivity contribution >= 4 is 0 Å². The van der Waals surface area contributed by atoms with Crippen molar-refractivity contribution in [3.8, 4) is 11.5 Å². The Morgan fingerprint density at radius 1 is 1.26 bits per heavy atom. The first-order valence-electron chi connectivity index (χ1n) is 6.09. The zero-order valence-corrected chi connectivity index (χ0v) is 10.8. The van der Waals surface area contributed by atoms with E-state index in [9.17, 15) is 8.78 Å². The molecule has 0 saturated heterocycles. The van der Waals surface area contributed by atoms with Crippen LogP contribution in [-0.2, 0) is 5.54 Å². The zero-order valence-electron chi connectivity index (χ0n) is 10.8. The maximum absolute atomic E-state index is 13.6. The molecule has 2 aromatic rings. The van der Waals surface area contributed by atoms with Gasteiger partial charge in [0.05, 0.1) is 11.1 Å². The summed E-state index contributed by atoms with van der Waals surface area (Å²) in [4.78, 5) is 4.09. The Morgan fingerprint density at radius 3 is 2.58 bits per heavy atom. The van der Waals surface area contributed by atoms with Gasteiger partial charge in [0.2, 0.25) is 0 Å². The van der Waals surface area contributed by atoms with E-state index in [1.165, 1.54) is 12.1 Å². The maximum Gasteiger partial charge on any atom is 0.261 e. The van der Waals surface area contributed by atoms with Crippen LogP contribution in [0.3, 0.4) is 0 Å². The van der Waals surface area contributed by atoms with Crippen molar-refractivity contribution in [1.82, 2.24) is 10.1 Å². The summed E-state index contributed by atoms with van der Waals surface area (Å²) >= 11 is 0. The normalized spacial score (nSPS) is 11.8. The minimum absolute atomic E-state index is 0.0618. The highest BCUT2D eigenvalue weighted by atomic mass is 19.2. The molecule has 0 spiro atoms. The highest BCUT2D eigenvalue weighted by molar-refractivity contribution is 5.53. The molecule has 0 aliphatic rings. The van der Waals surface area contributed by atoms with E-state index in [1.54, 1.807) is 0 Å². The molecular formula is C13H15F2N3O. The molecular weight excluding hydrogens is 252 g/mol. The van der Waals surface area contributed by atoms with Gasteiger partial charge in [0.15, 0.2) is 17.5 Å². The largest absolute Gasteiger partial charge is 0.334 e. The van der Waals surface area contributed by atoms with Crippen molar-refractivity contribution in [3.05, 3.63) is 35.7 Å². The van der Waals surface area contributed by atoms with Crippen molar-refractivity contribution in [3.63, 3.8) is 0 Å². The van der Waals surface area contributed by atoms with Crippen LogP contribution in [0.25, 0.3) is 11.5 Å². The summed E-state index contributed by atoms with van der Waals surface area (Å²) < 4.78 is 31.8. The second-order valence-corrected chi connectivity index (χ2v) is 4.39. The first kappa shape index (κ1) is 13.6. The van der Waals surface area contributed by atoms with E-state index >= 15 is 0 Å². The fourth-order valence-electron chi connectivity index (χ4n) is 1.77. The average Bonchev–Trinajstić information content (AvgIpc) is 2.91. The van der Waals surface area contributed by atoms with E-state index in [0.29, 0.717) is 18.7 Å². The number of hydrogen-bond acceptors (Lipinski definition) is 4. The summed E-state index contributed by atoms with van der Waals surface area (Å²) in [5, 5.41) is 3.78. The summed E-state index contributed by atoms with van der Waals surface area (Å²) in [7, 11) is 0. The number of halogens is 2. The lowest BCUT2D eigenvalue weighted by atomic mass is 9.93. The molecule has 102 valence electrons. The van der Waals surface area contributed by atoms with Crippen LogP contribution in [0.5, 0.6) is 0 Å². The van der Waals surface area contributed by atoms with Gasteiger partial charge in [-0.15, -0.1) is 0 Å². The van der Waals surface area contributed by atoms with Gasteiger partial charge in [-0.25, -0.2) is 8.78 Å². The van der Waals surface area contributed by atoms with Gasteiger partial charge in [-0.05, 0) is 25.0 Å². The van der Waals surface area contributed by atoms with Crippen molar-refractivity contribution in [1.29, 1.82) is 0 Å². The second kappa shape index (κ2) is 5.05. The third-order valence-electron chi connectivity index (χ3n) is 3.32. The topological polar surface area (TPSA) is 64.9 Å². The Kier molecular flexibility index (Phi) is 3.61.